The van der Waals surface area contributed by atoms with Crippen LogP contribution in [0.15, 0.2) is 0 Å². The van der Waals surface area contributed by atoms with Gasteiger partial charge in [0.2, 0.25) is 0 Å². The Morgan fingerprint density at radius 1 is 1.39 bits per heavy atom. The van der Waals surface area contributed by atoms with Crippen molar-refractivity contribution < 1.29 is 27.4 Å². The van der Waals surface area contributed by atoms with Crippen LogP contribution < -0.4 is 0 Å². The highest BCUT2D eigenvalue weighted by atomic mass is 19.4. The van der Waals surface area contributed by atoms with E-state index in [1.807, 2.05) is 0 Å². The molecule has 0 N–H and O–H groups in total. The lowest BCUT2D eigenvalue weighted by Crippen LogP contribution is -2.20. The molecule has 0 bridgehead atoms. The monoisotopic (exact) mass is 267 g/mol. The van der Waals surface area contributed by atoms with Crippen molar-refractivity contribution >= 4 is 5.97 Å². The molecule has 1 rings (SSSR count). The number of esters is 1. The maximum Gasteiger partial charge on any atom is 0.408 e. The summed E-state index contributed by atoms with van der Waals surface area (Å²) in [6.45, 7) is 0.220. The van der Waals surface area contributed by atoms with Gasteiger partial charge in [-0.1, -0.05) is 5.21 Å². The Hall–Kier alpha value is -1.64. The summed E-state index contributed by atoms with van der Waals surface area (Å²) in [5.74, 6) is -0.821. The van der Waals surface area contributed by atoms with Gasteiger partial charge in [-0.25, -0.2) is 9.48 Å². The lowest BCUT2D eigenvalue weighted by Gasteiger charge is -2.07. The molecule has 18 heavy (non-hydrogen) atoms. The zero-order valence-corrected chi connectivity index (χ0v) is 9.82. The normalized spacial score (nSPS) is 11.6. The van der Waals surface area contributed by atoms with E-state index in [0.29, 0.717) is 4.68 Å². The Balaban J connectivity index is 2.71. The third-order valence-electron chi connectivity index (χ3n) is 2.03. The Labute approximate surface area is 101 Å². The van der Waals surface area contributed by atoms with Crippen LogP contribution in [0.3, 0.4) is 0 Å². The Morgan fingerprint density at radius 3 is 2.61 bits per heavy atom. The maximum atomic E-state index is 12.2. The van der Waals surface area contributed by atoms with Crippen LogP contribution in [0.5, 0.6) is 0 Å². The number of rotatable bonds is 5. The van der Waals surface area contributed by atoms with E-state index in [1.165, 1.54) is 14.0 Å². The Bertz CT molecular complexity index is 417. The van der Waals surface area contributed by atoms with E-state index in [0.717, 1.165) is 0 Å². The lowest BCUT2D eigenvalue weighted by molar-refractivity contribution is -0.143. The summed E-state index contributed by atoms with van der Waals surface area (Å²) < 4.78 is 46.5. The van der Waals surface area contributed by atoms with E-state index in [9.17, 15) is 18.0 Å². The van der Waals surface area contributed by atoms with Crippen molar-refractivity contribution in [3.63, 3.8) is 0 Å². The van der Waals surface area contributed by atoms with Crippen LogP contribution >= 0.6 is 0 Å². The molecule has 0 atom stereocenters. The molecular formula is C9H12F3N3O3. The van der Waals surface area contributed by atoms with Gasteiger partial charge in [-0.05, 0) is 6.92 Å². The molecule has 0 aromatic carbocycles. The highest BCUT2D eigenvalue weighted by molar-refractivity contribution is 5.88. The topological polar surface area (TPSA) is 66.2 Å². The summed E-state index contributed by atoms with van der Waals surface area (Å²) in [7, 11) is 1.43. The first-order chi connectivity index (χ1) is 8.35. The highest BCUT2D eigenvalue weighted by Gasteiger charge is 2.30. The fraction of sp³-hybridized carbons (Fsp3) is 0.667. The number of aromatic nitrogens is 3. The first kappa shape index (κ1) is 14.4. The predicted octanol–water partition coefficient (Wildman–Crippen LogP) is 0.952. The van der Waals surface area contributed by atoms with Gasteiger partial charge in [-0.3, -0.25) is 0 Å². The summed E-state index contributed by atoms with van der Waals surface area (Å²) in [6, 6.07) is 0. The molecular weight excluding hydrogens is 255 g/mol. The average Bonchev–Trinajstić information content (AvgIpc) is 2.58. The van der Waals surface area contributed by atoms with Crippen molar-refractivity contribution in [2.75, 3.05) is 20.3 Å². The highest BCUT2D eigenvalue weighted by Crippen LogP contribution is 2.18. The molecule has 0 radical (unpaired) electrons. The second kappa shape index (κ2) is 5.80. The van der Waals surface area contributed by atoms with Gasteiger partial charge in [0.05, 0.1) is 12.3 Å². The summed E-state index contributed by atoms with van der Waals surface area (Å²) in [4.78, 5) is 11.4. The first-order valence-electron chi connectivity index (χ1n) is 4.98. The van der Waals surface area contributed by atoms with Crippen LogP contribution in [0, 0.1) is 6.92 Å². The van der Waals surface area contributed by atoms with Crippen molar-refractivity contribution in [3.05, 3.63) is 11.4 Å². The quantitative estimate of drug-likeness (QED) is 0.587. The van der Waals surface area contributed by atoms with Gasteiger partial charge in [0.1, 0.15) is 13.2 Å². The Morgan fingerprint density at radius 2 is 2.06 bits per heavy atom. The van der Waals surface area contributed by atoms with Crippen LogP contribution in [0.1, 0.15) is 16.2 Å². The SMILES string of the molecule is COCCOC(=O)c1nnn(CC(F)(F)F)c1C. The number of carbonyl (C=O) groups is 1. The first-order valence-corrected chi connectivity index (χ1v) is 4.98. The molecule has 0 unspecified atom stereocenters. The van der Waals surface area contributed by atoms with E-state index in [4.69, 9.17) is 4.74 Å². The van der Waals surface area contributed by atoms with E-state index < -0.39 is 18.7 Å². The van der Waals surface area contributed by atoms with E-state index >= 15 is 0 Å². The smallest absolute Gasteiger partial charge is 0.408 e. The van der Waals surface area contributed by atoms with Crippen molar-refractivity contribution in [2.24, 2.45) is 0 Å². The minimum atomic E-state index is -4.42. The van der Waals surface area contributed by atoms with Crippen LogP contribution in [-0.2, 0) is 16.0 Å². The average molecular weight is 267 g/mol. The van der Waals surface area contributed by atoms with Gasteiger partial charge >= 0.3 is 12.1 Å². The van der Waals surface area contributed by atoms with Gasteiger partial charge in [0.15, 0.2) is 5.69 Å². The number of ether oxygens (including phenoxy) is 2. The molecule has 0 spiro atoms. The van der Waals surface area contributed by atoms with Crippen LogP contribution in [0.4, 0.5) is 13.2 Å². The molecule has 6 nitrogen and oxygen atoms in total. The molecule has 1 heterocycles. The van der Waals surface area contributed by atoms with Crippen LogP contribution in [-0.4, -0.2) is 47.5 Å². The standard InChI is InChI=1S/C9H12F3N3O3/c1-6-7(8(16)18-4-3-17-2)13-14-15(6)5-9(10,11)12/h3-5H2,1-2H3. The maximum absolute atomic E-state index is 12.2. The fourth-order valence-corrected chi connectivity index (χ4v) is 1.16. The second-order valence-corrected chi connectivity index (χ2v) is 3.43. The van der Waals surface area contributed by atoms with Crippen molar-refractivity contribution in [1.29, 1.82) is 0 Å². The largest absolute Gasteiger partial charge is 0.458 e. The molecule has 102 valence electrons. The summed E-state index contributed by atoms with van der Waals surface area (Å²) >= 11 is 0. The van der Waals surface area contributed by atoms with Gasteiger partial charge in [-0.15, -0.1) is 5.10 Å². The number of halogens is 3. The number of carbonyl (C=O) groups excluding carboxylic acids is 1. The molecule has 1 aromatic rings. The molecule has 0 aliphatic rings. The predicted molar refractivity (Wildman–Crippen MR) is 53.0 cm³/mol. The lowest BCUT2D eigenvalue weighted by atomic mass is 10.3. The zero-order valence-electron chi connectivity index (χ0n) is 9.82. The minimum absolute atomic E-state index is 0.000897. The summed E-state index contributed by atoms with van der Waals surface area (Å²) in [5.41, 5.74) is -0.218. The fourth-order valence-electron chi connectivity index (χ4n) is 1.16. The van der Waals surface area contributed by atoms with E-state index in [2.05, 4.69) is 15.0 Å². The minimum Gasteiger partial charge on any atom is -0.458 e. The summed E-state index contributed by atoms with van der Waals surface area (Å²) in [6.07, 6.45) is -4.42. The van der Waals surface area contributed by atoms with E-state index in [1.54, 1.807) is 0 Å². The number of methoxy groups -OCH3 is 1. The molecule has 0 amide bonds. The molecule has 0 saturated heterocycles. The molecule has 1 aromatic heterocycles. The number of nitrogens with zero attached hydrogens (tertiary/aromatic N) is 3. The third-order valence-corrected chi connectivity index (χ3v) is 2.03. The molecule has 0 aliphatic carbocycles. The van der Waals surface area contributed by atoms with Gasteiger partial charge in [0, 0.05) is 7.11 Å². The number of hydrogen-bond acceptors (Lipinski definition) is 5. The second-order valence-electron chi connectivity index (χ2n) is 3.43. The van der Waals surface area contributed by atoms with Crippen LogP contribution in [0.2, 0.25) is 0 Å². The van der Waals surface area contributed by atoms with Crippen LogP contribution in [0.25, 0.3) is 0 Å². The van der Waals surface area contributed by atoms with Crippen molar-refractivity contribution in [3.8, 4) is 0 Å². The zero-order chi connectivity index (χ0) is 13.8. The molecule has 0 fully saturated rings. The number of alkyl halides is 3. The van der Waals surface area contributed by atoms with Crippen molar-refractivity contribution in [2.45, 2.75) is 19.6 Å². The van der Waals surface area contributed by atoms with Gasteiger partial charge in [0.25, 0.3) is 0 Å². The number of hydrogen-bond donors (Lipinski definition) is 0. The van der Waals surface area contributed by atoms with Gasteiger partial charge in [-0.2, -0.15) is 13.2 Å². The molecule has 9 heteroatoms. The summed E-state index contributed by atoms with van der Waals surface area (Å²) in [5, 5.41) is 6.64. The molecule has 0 saturated carbocycles. The third kappa shape index (κ3) is 3.99. The Kier molecular flexibility index (Phi) is 4.65. The van der Waals surface area contributed by atoms with Crippen molar-refractivity contribution in [1.82, 2.24) is 15.0 Å². The van der Waals surface area contributed by atoms with Gasteiger partial charge < -0.3 is 9.47 Å². The molecule has 0 aliphatic heterocycles. The van der Waals surface area contributed by atoms with E-state index in [-0.39, 0.29) is 24.6 Å².